The maximum atomic E-state index is 12.5. The predicted molar refractivity (Wildman–Crippen MR) is 106 cm³/mol. The molecule has 3 aromatic rings. The minimum atomic E-state index is -3.88. The third-order valence-corrected chi connectivity index (χ3v) is 5.84. The lowest BCUT2D eigenvalue weighted by atomic mass is 9.99. The molecular weight excluding hydrogens is 376 g/mol. The van der Waals surface area contributed by atoms with Crippen LogP contribution in [0.2, 0.25) is 0 Å². The average Bonchev–Trinajstić information content (AvgIpc) is 3.22. The normalized spacial score (nSPS) is 12.5. The lowest BCUT2D eigenvalue weighted by Crippen LogP contribution is -2.42. The van der Waals surface area contributed by atoms with Gasteiger partial charge in [0.1, 0.15) is 5.69 Å². The van der Waals surface area contributed by atoms with E-state index in [9.17, 15) is 13.2 Å². The molecule has 0 saturated heterocycles. The van der Waals surface area contributed by atoms with Crippen LogP contribution in [0.25, 0.3) is 5.69 Å². The molecule has 1 unspecified atom stereocenters. The zero-order valence-corrected chi connectivity index (χ0v) is 16.5. The number of imidazole rings is 1. The fraction of sp³-hybridized carbons (Fsp3) is 0.200. The van der Waals surface area contributed by atoms with Crippen LogP contribution in [0.4, 0.5) is 0 Å². The van der Waals surface area contributed by atoms with Crippen molar-refractivity contribution >= 4 is 15.9 Å². The zero-order chi connectivity index (χ0) is 20.1. The molecule has 28 heavy (non-hydrogen) atoms. The summed E-state index contributed by atoms with van der Waals surface area (Å²) in [5.74, 6) is -0.260. The summed E-state index contributed by atoms with van der Waals surface area (Å²) >= 11 is 0. The van der Waals surface area contributed by atoms with Gasteiger partial charge in [0.05, 0.1) is 17.4 Å². The Morgan fingerprint density at radius 2 is 1.79 bits per heavy atom. The Labute approximate surface area is 164 Å². The number of sulfonamides is 1. The van der Waals surface area contributed by atoms with Gasteiger partial charge in [-0.3, -0.25) is 14.8 Å². The quantitative estimate of drug-likeness (QED) is 0.598. The summed E-state index contributed by atoms with van der Waals surface area (Å²) in [6, 6.07) is 15.8. The van der Waals surface area contributed by atoms with E-state index in [2.05, 4.69) is 29.1 Å². The van der Waals surface area contributed by atoms with Crippen molar-refractivity contribution in [2.24, 2.45) is 0 Å². The van der Waals surface area contributed by atoms with Gasteiger partial charge in [-0.1, -0.05) is 44.2 Å². The molecule has 3 rings (SSSR count). The number of carbonyl (C=O) groups excluding carboxylic acids is 1. The van der Waals surface area contributed by atoms with Crippen molar-refractivity contribution in [3.8, 4) is 5.69 Å². The third kappa shape index (κ3) is 4.29. The Morgan fingerprint density at radius 1 is 1.11 bits per heavy atom. The summed E-state index contributed by atoms with van der Waals surface area (Å²) < 4.78 is 26.5. The van der Waals surface area contributed by atoms with Crippen LogP contribution < -0.4 is 10.3 Å². The van der Waals surface area contributed by atoms with Crippen LogP contribution in [0.1, 0.15) is 42.2 Å². The highest BCUT2D eigenvalue weighted by atomic mass is 32.2. The molecule has 0 radical (unpaired) electrons. The van der Waals surface area contributed by atoms with Crippen molar-refractivity contribution in [2.75, 3.05) is 0 Å². The van der Waals surface area contributed by atoms with Crippen LogP contribution >= 0.6 is 0 Å². The number of carbonyl (C=O) groups is 1. The molecule has 0 aliphatic rings. The fourth-order valence-corrected chi connectivity index (χ4v) is 3.54. The van der Waals surface area contributed by atoms with Gasteiger partial charge in [0.2, 0.25) is 0 Å². The van der Waals surface area contributed by atoms with E-state index in [0.717, 1.165) is 17.7 Å². The molecule has 0 aliphatic carbocycles. The van der Waals surface area contributed by atoms with Gasteiger partial charge in [-0.15, -0.1) is 4.83 Å². The Morgan fingerprint density at radius 3 is 2.43 bits per heavy atom. The van der Waals surface area contributed by atoms with Crippen LogP contribution in [0, 0.1) is 0 Å². The van der Waals surface area contributed by atoms with Crippen LogP contribution in [0.15, 0.2) is 72.0 Å². The molecule has 0 aliphatic heterocycles. The molecule has 1 aromatic heterocycles. The van der Waals surface area contributed by atoms with E-state index in [0.29, 0.717) is 5.92 Å². The molecule has 8 heteroatoms. The summed E-state index contributed by atoms with van der Waals surface area (Å²) in [5, 5.41) is 0. The summed E-state index contributed by atoms with van der Waals surface area (Å²) in [4.78, 5) is 18.7. The number of nitrogens with one attached hydrogen (secondary N) is 2. The van der Waals surface area contributed by atoms with Gasteiger partial charge in [-0.05, 0) is 42.2 Å². The molecule has 0 spiro atoms. The summed E-state index contributed by atoms with van der Waals surface area (Å²) in [6.07, 6.45) is 3.83. The standard InChI is InChI=1S/C20H22N4O3S/c1-3-15(2)16-9-11-18(12-10-16)28(26,27)23-22-20(25)19-13-21-14-24(19)17-7-5-4-6-8-17/h4-15,23H,3H2,1-2H3,(H,22,25). The van der Waals surface area contributed by atoms with Gasteiger partial charge in [0, 0.05) is 5.69 Å². The predicted octanol–water partition coefficient (Wildman–Crippen LogP) is 3.01. The van der Waals surface area contributed by atoms with Crippen molar-refractivity contribution in [1.82, 2.24) is 19.8 Å². The number of hydrogen-bond donors (Lipinski definition) is 2. The zero-order valence-electron chi connectivity index (χ0n) is 15.7. The molecule has 2 aromatic carbocycles. The molecular formula is C20H22N4O3S. The van der Waals surface area contributed by atoms with E-state index in [4.69, 9.17) is 0 Å². The average molecular weight is 398 g/mol. The van der Waals surface area contributed by atoms with Crippen molar-refractivity contribution in [3.63, 3.8) is 0 Å². The molecule has 0 bridgehead atoms. The third-order valence-electron chi connectivity index (χ3n) is 4.58. The number of hydrogen-bond acceptors (Lipinski definition) is 4. The first kappa shape index (κ1) is 19.8. The smallest absolute Gasteiger partial charge is 0.284 e. The molecule has 1 amide bonds. The number of benzene rings is 2. The summed E-state index contributed by atoms with van der Waals surface area (Å²) in [5.41, 5.74) is 4.27. The number of rotatable bonds is 7. The largest absolute Gasteiger partial charge is 0.295 e. The number of hydrazine groups is 1. The van der Waals surface area contributed by atoms with E-state index >= 15 is 0 Å². The number of amides is 1. The highest BCUT2D eigenvalue weighted by Crippen LogP contribution is 2.20. The van der Waals surface area contributed by atoms with Gasteiger partial charge < -0.3 is 0 Å². The van der Waals surface area contributed by atoms with E-state index in [1.165, 1.54) is 24.7 Å². The molecule has 146 valence electrons. The number of aromatic nitrogens is 2. The van der Waals surface area contributed by atoms with Crippen LogP contribution in [-0.2, 0) is 10.0 Å². The lowest BCUT2D eigenvalue weighted by Gasteiger charge is -2.12. The maximum Gasteiger partial charge on any atom is 0.284 e. The van der Waals surface area contributed by atoms with Gasteiger partial charge in [0.15, 0.2) is 0 Å². The second-order valence-corrected chi connectivity index (χ2v) is 8.10. The molecule has 2 N–H and O–H groups in total. The molecule has 0 fully saturated rings. The van der Waals surface area contributed by atoms with Gasteiger partial charge in [-0.2, -0.15) is 0 Å². The van der Waals surface area contributed by atoms with Gasteiger partial charge >= 0.3 is 0 Å². The molecule has 1 heterocycles. The Hall–Kier alpha value is -2.97. The topological polar surface area (TPSA) is 93.1 Å². The first-order valence-electron chi connectivity index (χ1n) is 8.92. The van der Waals surface area contributed by atoms with E-state index in [1.54, 1.807) is 16.7 Å². The highest BCUT2D eigenvalue weighted by Gasteiger charge is 2.18. The summed E-state index contributed by atoms with van der Waals surface area (Å²) in [6.45, 7) is 4.16. The monoisotopic (exact) mass is 398 g/mol. The minimum Gasteiger partial charge on any atom is -0.295 e. The van der Waals surface area contributed by atoms with E-state index < -0.39 is 15.9 Å². The Balaban J connectivity index is 1.72. The first-order chi connectivity index (χ1) is 13.4. The second-order valence-electron chi connectivity index (χ2n) is 6.42. The van der Waals surface area contributed by atoms with Crippen LogP contribution in [0.3, 0.4) is 0 Å². The van der Waals surface area contributed by atoms with E-state index in [1.807, 2.05) is 30.3 Å². The highest BCUT2D eigenvalue weighted by molar-refractivity contribution is 7.89. The molecule has 1 atom stereocenters. The molecule has 0 saturated carbocycles. The van der Waals surface area contributed by atoms with Crippen molar-refractivity contribution in [1.29, 1.82) is 0 Å². The Kier molecular flexibility index (Phi) is 5.91. The lowest BCUT2D eigenvalue weighted by molar-refractivity contribution is 0.0938. The fourth-order valence-electron chi connectivity index (χ4n) is 2.71. The second kappa shape index (κ2) is 8.37. The number of nitrogens with zero attached hydrogens (tertiary/aromatic N) is 2. The SMILES string of the molecule is CCC(C)c1ccc(S(=O)(=O)NNC(=O)c2cncn2-c2ccccc2)cc1. The van der Waals surface area contributed by atoms with Gasteiger partial charge in [0.25, 0.3) is 15.9 Å². The first-order valence-corrected chi connectivity index (χ1v) is 10.4. The van der Waals surface area contributed by atoms with E-state index in [-0.39, 0.29) is 10.6 Å². The minimum absolute atomic E-state index is 0.0800. The Bertz CT molecular complexity index is 1040. The van der Waals surface area contributed by atoms with Crippen LogP contribution in [-0.4, -0.2) is 23.9 Å². The van der Waals surface area contributed by atoms with Crippen LogP contribution in [0.5, 0.6) is 0 Å². The van der Waals surface area contributed by atoms with Gasteiger partial charge in [-0.25, -0.2) is 13.4 Å². The molecule has 7 nitrogen and oxygen atoms in total. The summed E-state index contributed by atoms with van der Waals surface area (Å²) in [7, 11) is -3.88. The van der Waals surface area contributed by atoms with Crippen molar-refractivity contribution in [2.45, 2.75) is 31.1 Å². The number of para-hydroxylation sites is 1. The maximum absolute atomic E-state index is 12.5. The van der Waals surface area contributed by atoms with Crippen molar-refractivity contribution < 1.29 is 13.2 Å². The van der Waals surface area contributed by atoms with Crippen molar-refractivity contribution in [3.05, 3.63) is 78.4 Å².